The van der Waals surface area contributed by atoms with Gasteiger partial charge in [0.25, 0.3) is 0 Å². The van der Waals surface area contributed by atoms with E-state index in [1.165, 1.54) is 5.56 Å². The predicted molar refractivity (Wildman–Crippen MR) is 88.5 cm³/mol. The molecule has 0 aromatic heterocycles. The highest BCUT2D eigenvalue weighted by Gasteiger charge is 2.64. The van der Waals surface area contributed by atoms with Crippen LogP contribution in [0.4, 0.5) is 13.2 Å². The summed E-state index contributed by atoms with van der Waals surface area (Å²) in [7, 11) is 0. The minimum Gasteiger partial charge on any atom is -0.481 e. The van der Waals surface area contributed by atoms with Crippen molar-refractivity contribution >= 4 is 11.9 Å². The largest absolute Gasteiger partial charge is 0.481 e. The van der Waals surface area contributed by atoms with Crippen LogP contribution in [0.2, 0.25) is 0 Å². The number of nitrogens with zero attached hydrogens (tertiary/aromatic N) is 1. The van der Waals surface area contributed by atoms with Crippen molar-refractivity contribution in [1.29, 1.82) is 0 Å². The molecule has 0 spiro atoms. The van der Waals surface area contributed by atoms with Crippen LogP contribution in [0.25, 0.3) is 0 Å². The summed E-state index contributed by atoms with van der Waals surface area (Å²) in [5.74, 6) is -2.17. The van der Waals surface area contributed by atoms with E-state index >= 15 is 0 Å². The first kappa shape index (κ1) is 18.7. The van der Waals surface area contributed by atoms with Gasteiger partial charge in [-0.3, -0.25) is 9.59 Å². The number of carbonyl (C=O) groups is 2. The average molecular weight is 369 g/mol. The summed E-state index contributed by atoms with van der Waals surface area (Å²) in [5.41, 5.74) is -1.61. The Kier molecular flexibility index (Phi) is 4.99. The number of hydrogen-bond donors (Lipinski definition) is 1. The highest BCUT2D eigenvalue weighted by atomic mass is 19.4. The van der Waals surface area contributed by atoms with E-state index in [4.69, 9.17) is 5.11 Å². The Morgan fingerprint density at radius 2 is 1.69 bits per heavy atom. The molecule has 1 amide bonds. The highest BCUT2D eigenvalue weighted by Crippen LogP contribution is 2.46. The number of hydrogen-bond acceptors (Lipinski definition) is 2. The Bertz CT molecular complexity index is 668. The molecule has 1 N–H and O–H groups in total. The number of likely N-dealkylation sites (tertiary alicyclic amines) is 1. The Morgan fingerprint density at radius 3 is 2.19 bits per heavy atom. The number of aliphatic carboxylic acids is 1. The zero-order valence-corrected chi connectivity index (χ0v) is 14.3. The Morgan fingerprint density at radius 1 is 1.08 bits per heavy atom. The molecule has 0 radical (unpaired) electrons. The van der Waals surface area contributed by atoms with Crippen molar-refractivity contribution in [3.63, 3.8) is 0 Å². The second kappa shape index (κ2) is 6.93. The van der Waals surface area contributed by atoms with Gasteiger partial charge < -0.3 is 10.0 Å². The molecule has 0 bridgehead atoms. The molecule has 1 atom stereocenters. The van der Waals surface area contributed by atoms with E-state index < -0.39 is 30.5 Å². The van der Waals surface area contributed by atoms with Crippen molar-refractivity contribution in [2.45, 2.75) is 44.2 Å². The van der Waals surface area contributed by atoms with E-state index in [1.54, 1.807) is 0 Å². The van der Waals surface area contributed by atoms with E-state index in [9.17, 15) is 22.8 Å². The normalized spacial score (nSPS) is 29.6. The molecule has 1 unspecified atom stereocenters. The summed E-state index contributed by atoms with van der Waals surface area (Å²) < 4.78 is 39.8. The monoisotopic (exact) mass is 369 g/mol. The second-order valence-corrected chi connectivity index (χ2v) is 7.35. The fraction of sp³-hybridized carbons (Fsp3) is 0.579. The van der Waals surface area contributed by atoms with Gasteiger partial charge in [-0.1, -0.05) is 30.3 Å². The maximum atomic E-state index is 13.3. The van der Waals surface area contributed by atoms with E-state index in [1.807, 2.05) is 18.2 Å². The Hall–Kier alpha value is -2.05. The van der Waals surface area contributed by atoms with Crippen molar-refractivity contribution in [2.75, 3.05) is 13.1 Å². The summed E-state index contributed by atoms with van der Waals surface area (Å²) in [6.45, 7) is -0.924. The molecule has 1 aromatic rings. The van der Waals surface area contributed by atoms with Gasteiger partial charge in [-0.25, -0.2) is 0 Å². The molecule has 2 aliphatic rings. The lowest BCUT2D eigenvalue weighted by atomic mass is 9.78. The SMILES string of the molecule is O=C(C1CCC(c2ccccc2)CC1)N1CCC(C(=O)O)(C(F)(F)F)C1. The molecule has 2 fully saturated rings. The van der Waals surface area contributed by atoms with Crippen LogP contribution in [-0.4, -0.2) is 41.1 Å². The fourth-order valence-electron chi connectivity index (χ4n) is 4.18. The third kappa shape index (κ3) is 3.31. The van der Waals surface area contributed by atoms with Crippen LogP contribution in [0.1, 0.15) is 43.6 Å². The van der Waals surface area contributed by atoms with Crippen LogP contribution in [0, 0.1) is 11.3 Å². The van der Waals surface area contributed by atoms with Gasteiger partial charge in [0.15, 0.2) is 5.41 Å². The lowest BCUT2D eigenvalue weighted by Gasteiger charge is -2.32. The van der Waals surface area contributed by atoms with Crippen LogP contribution in [-0.2, 0) is 9.59 Å². The van der Waals surface area contributed by atoms with E-state index in [0.717, 1.165) is 17.7 Å². The molecule has 1 aliphatic carbocycles. The number of halogens is 3. The number of alkyl halides is 3. The van der Waals surface area contributed by atoms with Gasteiger partial charge in [0.2, 0.25) is 5.91 Å². The molecular formula is C19H22F3NO3. The van der Waals surface area contributed by atoms with Crippen LogP contribution < -0.4 is 0 Å². The number of carbonyl (C=O) groups excluding carboxylic acids is 1. The lowest BCUT2D eigenvalue weighted by molar-refractivity contribution is -0.227. The first-order valence-corrected chi connectivity index (χ1v) is 8.88. The van der Waals surface area contributed by atoms with Gasteiger partial charge >= 0.3 is 12.1 Å². The quantitative estimate of drug-likeness (QED) is 0.881. The average Bonchev–Trinajstić information content (AvgIpc) is 3.09. The van der Waals surface area contributed by atoms with Gasteiger partial charge in [0.1, 0.15) is 0 Å². The first-order chi connectivity index (χ1) is 12.2. The molecule has 4 nitrogen and oxygen atoms in total. The summed E-state index contributed by atoms with van der Waals surface area (Å²) >= 11 is 0. The summed E-state index contributed by atoms with van der Waals surface area (Å²) in [6.07, 6.45) is -2.55. The highest BCUT2D eigenvalue weighted by molar-refractivity contribution is 5.82. The number of rotatable bonds is 3. The number of amides is 1. The maximum absolute atomic E-state index is 13.3. The third-order valence-electron chi connectivity index (χ3n) is 5.88. The first-order valence-electron chi connectivity index (χ1n) is 8.88. The van der Waals surface area contributed by atoms with Gasteiger partial charge in [-0.15, -0.1) is 0 Å². The van der Waals surface area contributed by atoms with Gasteiger partial charge in [-0.05, 0) is 43.6 Å². The van der Waals surface area contributed by atoms with E-state index in [-0.39, 0.29) is 18.4 Å². The fourth-order valence-corrected chi connectivity index (χ4v) is 4.18. The summed E-state index contributed by atoms with van der Waals surface area (Å²) in [5, 5.41) is 9.11. The number of carboxylic acids is 1. The van der Waals surface area contributed by atoms with Crippen LogP contribution in [0.5, 0.6) is 0 Å². The smallest absolute Gasteiger partial charge is 0.406 e. The molecule has 26 heavy (non-hydrogen) atoms. The molecule has 1 aromatic carbocycles. The van der Waals surface area contributed by atoms with Crippen molar-refractivity contribution in [3.8, 4) is 0 Å². The Labute approximate surface area is 150 Å². The van der Waals surface area contributed by atoms with Crippen molar-refractivity contribution < 1.29 is 27.9 Å². The Balaban J connectivity index is 1.62. The topological polar surface area (TPSA) is 57.6 Å². The molecule has 3 rings (SSSR count). The van der Waals surface area contributed by atoms with Gasteiger partial charge in [0, 0.05) is 19.0 Å². The predicted octanol–water partition coefficient (Wildman–Crippen LogP) is 3.83. The molecule has 1 heterocycles. The lowest BCUT2D eigenvalue weighted by Crippen LogP contribution is -2.48. The molecule has 1 aliphatic heterocycles. The third-order valence-corrected chi connectivity index (χ3v) is 5.88. The van der Waals surface area contributed by atoms with Gasteiger partial charge in [-0.2, -0.15) is 13.2 Å². The van der Waals surface area contributed by atoms with E-state index in [0.29, 0.717) is 18.8 Å². The molecule has 142 valence electrons. The second-order valence-electron chi connectivity index (χ2n) is 7.35. The zero-order valence-electron chi connectivity index (χ0n) is 14.3. The van der Waals surface area contributed by atoms with Crippen LogP contribution in [0.15, 0.2) is 30.3 Å². The van der Waals surface area contributed by atoms with Crippen LogP contribution >= 0.6 is 0 Å². The minimum atomic E-state index is -4.86. The van der Waals surface area contributed by atoms with Crippen molar-refractivity contribution in [2.24, 2.45) is 11.3 Å². The van der Waals surface area contributed by atoms with Gasteiger partial charge in [0.05, 0.1) is 0 Å². The summed E-state index contributed by atoms with van der Waals surface area (Å²) in [4.78, 5) is 25.0. The van der Waals surface area contributed by atoms with Crippen LogP contribution in [0.3, 0.4) is 0 Å². The van der Waals surface area contributed by atoms with E-state index in [2.05, 4.69) is 12.1 Å². The van der Waals surface area contributed by atoms with Crippen molar-refractivity contribution in [1.82, 2.24) is 4.90 Å². The molecular weight excluding hydrogens is 347 g/mol. The minimum absolute atomic E-state index is 0.150. The molecule has 1 saturated carbocycles. The molecule has 7 heteroatoms. The zero-order chi connectivity index (χ0) is 18.9. The number of benzene rings is 1. The maximum Gasteiger partial charge on any atom is 0.406 e. The number of carboxylic acid groups (broad SMARTS) is 1. The standard InChI is InChI=1S/C19H22F3NO3/c20-19(21,22)18(17(25)26)10-11-23(12-18)16(24)15-8-6-14(7-9-15)13-4-2-1-3-5-13/h1-5,14-15H,6-12H2,(H,25,26). The molecule has 1 saturated heterocycles. The van der Waals surface area contributed by atoms with Crippen molar-refractivity contribution in [3.05, 3.63) is 35.9 Å². The summed E-state index contributed by atoms with van der Waals surface area (Å²) in [6, 6.07) is 10.00.